The van der Waals surface area contributed by atoms with Crippen molar-refractivity contribution in [3.63, 3.8) is 0 Å². The standard InChI is InChI=1S/C28H35ClF2N2O6S2/c1-32-12-14-33(15-13-32)11-2-17-40(34,35)18-9-25-22-19-39-27-24(31)8-7-23(30)26(27)28(22,10-16-38-25)41(36,37)21-5-3-20(29)4-6-21/h3-8,22,25H,2,9-19H2,1H3/t22-,25-,28-/m0/s1. The Morgan fingerprint density at radius 2 is 1.66 bits per heavy atom. The zero-order valence-electron chi connectivity index (χ0n) is 22.9. The first-order chi connectivity index (χ1) is 19.4. The molecule has 13 heteroatoms. The van der Waals surface area contributed by atoms with Crippen LogP contribution in [-0.4, -0.2) is 97.2 Å². The Bertz CT molecular complexity index is 1470. The quantitative estimate of drug-likeness (QED) is 0.415. The topological polar surface area (TPSA) is 93.2 Å². The summed E-state index contributed by atoms with van der Waals surface area (Å²) in [7, 11) is -5.77. The highest BCUT2D eigenvalue weighted by molar-refractivity contribution is 7.92. The van der Waals surface area contributed by atoms with Gasteiger partial charge >= 0.3 is 0 Å². The molecule has 0 N–H and O–H groups in total. The molecule has 0 bridgehead atoms. The van der Waals surface area contributed by atoms with Gasteiger partial charge in [-0.05, 0) is 69.3 Å². The highest BCUT2D eigenvalue weighted by Gasteiger charge is 2.61. The molecule has 0 unspecified atom stereocenters. The lowest BCUT2D eigenvalue weighted by Gasteiger charge is -2.50. The maximum atomic E-state index is 15.5. The smallest absolute Gasteiger partial charge is 0.189 e. The largest absolute Gasteiger partial charge is 0.490 e. The molecule has 3 heterocycles. The van der Waals surface area contributed by atoms with E-state index < -0.39 is 53.8 Å². The number of halogens is 3. The Morgan fingerprint density at radius 1 is 0.976 bits per heavy atom. The van der Waals surface area contributed by atoms with Crippen molar-refractivity contribution >= 4 is 31.3 Å². The fraction of sp³-hybridized carbons (Fsp3) is 0.571. The summed E-state index contributed by atoms with van der Waals surface area (Å²) in [6.07, 6.45) is -0.506. The Labute approximate surface area is 245 Å². The first kappa shape index (κ1) is 30.6. The summed E-state index contributed by atoms with van der Waals surface area (Å²) < 4.78 is 94.8. The first-order valence-corrected chi connectivity index (χ1v) is 17.5. The third-order valence-corrected chi connectivity index (χ3v) is 13.2. The summed E-state index contributed by atoms with van der Waals surface area (Å²) in [6, 6.07) is 7.33. The Hall–Kier alpha value is -1.83. The summed E-state index contributed by atoms with van der Waals surface area (Å²) in [6.45, 7) is 4.04. The predicted molar refractivity (Wildman–Crippen MR) is 152 cm³/mol. The third-order valence-electron chi connectivity index (χ3n) is 8.58. The third kappa shape index (κ3) is 6.01. The summed E-state index contributed by atoms with van der Waals surface area (Å²) in [5, 5.41) is 0.324. The van der Waals surface area contributed by atoms with Crippen LogP contribution in [0.25, 0.3) is 0 Å². The highest BCUT2D eigenvalue weighted by Crippen LogP contribution is 2.56. The number of sulfone groups is 2. The van der Waals surface area contributed by atoms with Crippen molar-refractivity contribution in [3.8, 4) is 5.75 Å². The van der Waals surface area contributed by atoms with Gasteiger partial charge in [0.1, 0.15) is 20.4 Å². The van der Waals surface area contributed by atoms with Crippen molar-refractivity contribution in [2.75, 3.05) is 64.5 Å². The van der Waals surface area contributed by atoms with Crippen LogP contribution < -0.4 is 4.74 Å². The molecule has 2 aromatic carbocycles. The second-order valence-electron chi connectivity index (χ2n) is 11.1. The minimum Gasteiger partial charge on any atom is -0.490 e. The van der Waals surface area contributed by atoms with Gasteiger partial charge in [0.05, 0.1) is 34.7 Å². The van der Waals surface area contributed by atoms with Crippen LogP contribution >= 0.6 is 11.6 Å². The molecule has 0 amide bonds. The van der Waals surface area contributed by atoms with Gasteiger partial charge in [-0.3, -0.25) is 0 Å². The number of benzene rings is 2. The van der Waals surface area contributed by atoms with Crippen LogP contribution in [0.4, 0.5) is 8.78 Å². The minimum absolute atomic E-state index is 0.00408. The van der Waals surface area contributed by atoms with Crippen molar-refractivity contribution < 1.29 is 35.1 Å². The van der Waals surface area contributed by atoms with Gasteiger partial charge in [-0.2, -0.15) is 0 Å². The number of hydrogen-bond acceptors (Lipinski definition) is 8. The molecule has 2 saturated heterocycles. The fourth-order valence-corrected chi connectivity index (χ4v) is 10.1. The molecular weight excluding hydrogens is 598 g/mol. The molecule has 0 aromatic heterocycles. The van der Waals surface area contributed by atoms with Crippen molar-refractivity contribution in [1.82, 2.24) is 9.80 Å². The van der Waals surface area contributed by atoms with Crippen molar-refractivity contribution in [1.29, 1.82) is 0 Å². The summed E-state index contributed by atoms with van der Waals surface area (Å²) >= 11 is 6.00. The lowest BCUT2D eigenvalue weighted by atomic mass is 9.75. The summed E-state index contributed by atoms with van der Waals surface area (Å²) in [4.78, 5) is 4.39. The first-order valence-electron chi connectivity index (χ1n) is 13.8. The molecule has 0 radical (unpaired) electrons. The van der Waals surface area contributed by atoms with Gasteiger partial charge < -0.3 is 19.3 Å². The summed E-state index contributed by atoms with van der Waals surface area (Å²) in [5.41, 5.74) is -0.368. The number of hydrogen-bond donors (Lipinski definition) is 0. The van der Waals surface area contributed by atoms with E-state index in [1.165, 1.54) is 24.3 Å². The van der Waals surface area contributed by atoms with E-state index in [4.69, 9.17) is 21.1 Å². The van der Waals surface area contributed by atoms with Gasteiger partial charge in [-0.15, -0.1) is 0 Å². The van der Waals surface area contributed by atoms with E-state index in [0.29, 0.717) is 18.0 Å². The predicted octanol–water partition coefficient (Wildman–Crippen LogP) is 3.53. The molecule has 5 rings (SSSR count). The lowest BCUT2D eigenvalue weighted by molar-refractivity contribution is -0.0732. The van der Waals surface area contributed by atoms with E-state index in [-0.39, 0.29) is 48.0 Å². The number of likely N-dealkylation sites (N-methyl/N-ethyl adjacent to an activating group) is 1. The average Bonchev–Trinajstić information content (AvgIpc) is 2.94. The molecule has 3 aliphatic heterocycles. The van der Waals surface area contributed by atoms with E-state index in [9.17, 15) is 21.2 Å². The van der Waals surface area contributed by atoms with Crippen LogP contribution in [0.3, 0.4) is 0 Å². The van der Waals surface area contributed by atoms with Crippen LogP contribution in [-0.2, 0) is 29.2 Å². The lowest BCUT2D eigenvalue weighted by Crippen LogP contribution is -2.57. The zero-order chi connectivity index (χ0) is 29.4. The normalized spacial score (nSPS) is 25.8. The number of nitrogens with zero attached hydrogens (tertiary/aromatic N) is 2. The van der Waals surface area contributed by atoms with Gasteiger partial charge in [0.25, 0.3) is 0 Å². The zero-order valence-corrected chi connectivity index (χ0v) is 25.3. The van der Waals surface area contributed by atoms with E-state index >= 15 is 4.39 Å². The van der Waals surface area contributed by atoms with Crippen LogP contribution in [0.2, 0.25) is 5.02 Å². The monoisotopic (exact) mass is 632 g/mol. The van der Waals surface area contributed by atoms with Crippen molar-refractivity contribution in [2.24, 2.45) is 5.92 Å². The number of ether oxygens (including phenoxy) is 2. The summed E-state index contributed by atoms with van der Waals surface area (Å²) in [5.74, 6) is -3.38. The maximum absolute atomic E-state index is 15.5. The maximum Gasteiger partial charge on any atom is 0.189 e. The van der Waals surface area contributed by atoms with Crippen molar-refractivity contribution in [2.45, 2.75) is 35.0 Å². The molecule has 0 aliphatic carbocycles. The Kier molecular flexibility index (Phi) is 9.00. The van der Waals surface area contributed by atoms with Gasteiger partial charge in [-0.25, -0.2) is 25.6 Å². The van der Waals surface area contributed by atoms with Gasteiger partial charge in [-0.1, -0.05) is 11.6 Å². The fourth-order valence-electron chi connectivity index (χ4n) is 6.31. The van der Waals surface area contributed by atoms with Crippen LogP contribution in [0.1, 0.15) is 24.8 Å². The van der Waals surface area contributed by atoms with Crippen LogP contribution in [0.15, 0.2) is 41.3 Å². The van der Waals surface area contributed by atoms with Crippen LogP contribution in [0, 0.1) is 17.6 Å². The van der Waals surface area contributed by atoms with Crippen molar-refractivity contribution in [3.05, 3.63) is 58.6 Å². The van der Waals surface area contributed by atoms with Gasteiger partial charge in [0.15, 0.2) is 21.4 Å². The molecule has 8 nitrogen and oxygen atoms in total. The van der Waals surface area contributed by atoms with E-state index in [1.54, 1.807) is 0 Å². The van der Waals surface area contributed by atoms with E-state index in [2.05, 4.69) is 16.8 Å². The molecular formula is C28H35ClF2N2O6S2. The Balaban J connectivity index is 1.40. The molecule has 3 atom stereocenters. The molecule has 0 saturated carbocycles. The van der Waals surface area contributed by atoms with E-state index in [1.807, 2.05) is 0 Å². The molecule has 226 valence electrons. The average molecular weight is 633 g/mol. The molecule has 3 aliphatic rings. The highest BCUT2D eigenvalue weighted by atomic mass is 35.5. The number of piperazine rings is 1. The van der Waals surface area contributed by atoms with Gasteiger partial charge in [0.2, 0.25) is 0 Å². The Morgan fingerprint density at radius 3 is 2.37 bits per heavy atom. The number of fused-ring (bicyclic) bond motifs is 3. The van der Waals surface area contributed by atoms with Gasteiger partial charge in [0, 0.05) is 43.7 Å². The number of rotatable bonds is 9. The van der Waals surface area contributed by atoms with E-state index in [0.717, 1.165) is 38.3 Å². The molecule has 41 heavy (non-hydrogen) atoms. The second kappa shape index (κ2) is 12.0. The second-order valence-corrected chi connectivity index (χ2v) is 16.0. The van der Waals surface area contributed by atoms with Crippen LogP contribution in [0.5, 0.6) is 5.75 Å². The molecule has 2 fully saturated rings. The SMILES string of the molecule is CN1CCN(CCCS(=O)(=O)CC[C@@H]2OCC[C@@]3(S(=O)(=O)c4ccc(Cl)cc4)c4c(F)ccc(F)c4OC[C@@H]23)CC1. The molecule has 0 spiro atoms. The minimum atomic E-state index is -4.35. The molecule has 2 aromatic rings.